The Labute approximate surface area is 124 Å². The van der Waals surface area contributed by atoms with Crippen LogP contribution in [0, 0.1) is 0 Å². The fraction of sp³-hybridized carbons (Fsp3) is 0.375. The molecule has 0 aliphatic rings. The van der Waals surface area contributed by atoms with Gasteiger partial charge in [0.1, 0.15) is 5.75 Å². The molecule has 5 heteroatoms. The zero-order chi connectivity index (χ0) is 15.7. The molecule has 0 atom stereocenters. The van der Waals surface area contributed by atoms with Crippen LogP contribution in [0.15, 0.2) is 30.3 Å². The van der Waals surface area contributed by atoms with Crippen LogP contribution < -0.4 is 4.74 Å². The summed E-state index contributed by atoms with van der Waals surface area (Å²) in [5, 5.41) is 0. The van der Waals surface area contributed by atoms with E-state index in [0.29, 0.717) is 24.4 Å². The van der Waals surface area contributed by atoms with Crippen LogP contribution >= 0.6 is 0 Å². The first-order valence-corrected chi connectivity index (χ1v) is 6.69. The molecule has 0 radical (unpaired) electrons. The Morgan fingerprint density at radius 2 is 1.95 bits per heavy atom. The van der Waals surface area contributed by atoms with Crippen LogP contribution in [-0.4, -0.2) is 32.8 Å². The quantitative estimate of drug-likeness (QED) is 0.571. The summed E-state index contributed by atoms with van der Waals surface area (Å²) in [6, 6.07) is 7.30. The van der Waals surface area contributed by atoms with E-state index in [2.05, 4.69) is 4.74 Å². The predicted octanol–water partition coefficient (Wildman–Crippen LogP) is 2.59. The van der Waals surface area contributed by atoms with Crippen LogP contribution in [-0.2, 0) is 19.1 Å². The number of carbonyl (C=O) groups excluding carboxylic acids is 2. The van der Waals surface area contributed by atoms with E-state index in [1.165, 1.54) is 13.2 Å². The molecule has 0 unspecified atom stereocenters. The molecule has 1 rings (SSSR count). The highest BCUT2D eigenvalue weighted by atomic mass is 16.5. The van der Waals surface area contributed by atoms with Gasteiger partial charge in [-0.15, -0.1) is 0 Å². The summed E-state index contributed by atoms with van der Waals surface area (Å²) >= 11 is 0. The maximum atomic E-state index is 11.6. The van der Waals surface area contributed by atoms with Crippen molar-refractivity contribution in [1.82, 2.24) is 0 Å². The van der Waals surface area contributed by atoms with Crippen LogP contribution in [0.25, 0.3) is 5.57 Å². The summed E-state index contributed by atoms with van der Waals surface area (Å²) < 4.78 is 14.7. The fourth-order valence-corrected chi connectivity index (χ4v) is 1.79. The topological polar surface area (TPSA) is 61.8 Å². The molecule has 0 aromatic heterocycles. The van der Waals surface area contributed by atoms with E-state index < -0.39 is 5.97 Å². The predicted molar refractivity (Wildman–Crippen MR) is 78.9 cm³/mol. The lowest BCUT2D eigenvalue weighted by molar-refractivity contribution is -0.140. The van der Waals surface area contributed by atoms with Gasteiger partial charge in [0.15, 0.2) is 0 Å². The van der Waals surface area contributed by atoms with Crippen molar-refractivity contribution >= 4 is 17.5 Å². The minimum atomic E-state index is -0.430. The van der Waals surface area contributed by atoms with Crippen LogP contribution in [0.5, 0.6) is 5.75 Å². The summed E-state index contributed by atoms with van der Waals surface area (Å²) in [7, 11) is 2.91. The van der Waals surface area contributed by atoms with Gasteiger partial charge >= 0.3 is 11.9 Å². The highest BCUT2D eigenvalue weighted by Crippen LogP contribution is 2.24. The summed E-state index contributed by atoms with van der Waals surface area (Å²) in [6.07, 6.45) is 1.98. The van der Waals surface area contributed by atoms with E-state index in [1.54, 1.807) is 14.0 Å². The number of hydrogen-bond donors (Lipinski definition) is 0. The lowest BCUT2D eigenvalue weighted by Gasteiger charge is -2.09. The SMILES string of the molecule is CCOC(=O)/C=C(/CCC(=O)OC)c1cccc(OC)c1. The fourth-order valence-electron chi connectivity index (χ4n) is 1.79. The van der Waals surface area contributed by atoms with Crippen LogP contribution in [0.3, 0.4) is 0 Å². The van der Waals surface area contributed by atoms with Gasteiger partial charge in [-0.05, 0) is 36.6 Å². The van der Waals surface area contributed by atoms with Crippen molar-refractivity contribution in [3.63, 3.8) is 0 Å². The van der Waals surface area contributed by atoms with E-state index >= 15 is 0 Å². The number of allylic oxidation sites excluding steroid dienone is 1. The van der Waals surface area contributed by atoms with Crippen LogP contribution in [0.1, 0.15) is 25.3 Å². The van der Waals surface area contributed by atoms with Crippen molar-refractivity contribution in [3.05, 3.63) is 35.9 Å². The Hall–Kier alpha value is -2.30. The third kappa shape index (κ3) is 5.69. The average molecular weight is 292 g/mol. The Balaban J connectivity index is 2.99. The van der Waals surface area contributed by atoms with Gasteiger partial charge in [-0.25, -0.2) is 4.79 Å². The molecule has 21 heavy (non-hydrogen) atoms. The molecule has 1 aromatic rings. The van der Waals surface area contributed by atoms with Gasteiger partial charge in [-0.2, -0.15) is 0 Å². The Bertz CT molecular complexity index is 519. The highest BCUT2D eigenvalue weighted by molar-refractivity contribution is 5.92. The van der Waals surface area contributed by atoms with E-state index in [-0.39, 0.29) is 12.4 Å². The standard InChI is InChI=1S/C16H20O5/c1-4-21-16(18)11-13(8-9-15(17)20-3)12-6-5-7-14(10-12)19-2/h5-7,10-11H,4,8-9H2,1-3H3/b13-11-. The van der Waals surface area contributed by atoms with Crippen LogP contribution in [0.4, 0.5) is 0 Å². The first kappa shape index (κ1) is 16.8. The largest absolute Gasteiger partial charge is 0.497 e. The lowest BCUT2D eigenvalue weighted by atomic mass is 10.0. The molecule has 114 valence electrons. The van der Waals surface area contributed by atoms with Crippen molar-refractivity contribution in [3.8, 4) is 5.75 Å². The summed E-state index contributed by atoms with van der Waals surface area (Å²) in [5.74, 6) is -0.0758. The Kier molecular flexibility index (Phi) is 7.01. The number of ether oxygens (including phenoxy) is 3. The molecule has 0 aliphatic heterocycles. The van der Waals surface area contributed by atoms with Crippen molar-refractivity contribution in [2.75, 3.05) is 20.8 Å². The zero-order valence-electron chi connectivity index (χ0n) is 12.5. The molecule has 5 nitrogen and oxygen atoms in total. The molecule has 0 saturated heterocycles. The minimum absolute atomic E-state index is 0.193. The van der Waals surface area contributed by atoms with Gasteiger partial charge in [0, 0.05) is 12.5 Å². The second-order valence-electron chi connectivity index (χ2n) is 4.23. The Morgan fingerprint density at radius 3 is 2.57 bits per heavy atom. The van der Waals surface area contributed by atoms with E-state index in [0.717, 1.165) is 5.56 Å². The van der Waals surface area contributed by atoms with Gasteiger partial charge in [0.05, 0.1) is 20.8 Å². The van der Waals surface area contributed by atoms with Crippen LogP contribution in [0.2, 0.25) is 0 Å². The minimum Gasteiger partial charge on any atom is -0.497 e. The molecule has 0 N–H and O–H groups in total. The maximum Gasteiger partial charge on any atom is 0.331 e. The number of rotatable bonds is 7. The molecular formula is C16H20O5. The molecule has 0 saturated carbocycles. The zero-order valence-corrected chi connectivity index (χ0v) is 12.5. The molecule has 1 aromatic carbocycles. The van der Waals surface area contributed by atoms with E-state index in [1.807, 2.05) is 24.3 Å². The van der Waals surface area contributed by atoms with Gasteiger partial charge in [0.2, 0.25) is 0 Å². The van der Waals surface area contributed by atoms with Crippen molar-refractivity contribution in [2.24, 2.45) is 0 Å². The summed E-state index contributed by atoms with van der Waals surface area (Å²) in [4.78, 5) is 22.9. The van der Waals surface area contributed by atoms with Crippen molar-refractivity contribution in [1.29, 1.82) is 0 Å². The third-order valence-electron chi connectivity index (χ3n) is 2.85. The molecule has 0 bridgehead atoms. The number of hydrogen-bond acceptors (Lipinski definition) is 5. The molecular weight excluding hydrogens is 272 g/mol. The molecule has 0 heterocycles. The molecule has 0 amide bonds. The number of carbonyl (C=O) groups is 2. The first-order valence-electron chi connectivity index (χ1n) is 6.69. The number of esters is 2. The van der Waals surface area contributed by atoms with Gasteiger partial charge in [-0.3, -0.25) is 4.79 Å². The average Bonchev–Trinajstić information content (AvgIpc) is 2.51. The highest BCUT2D eigenvalue weighted by Gasteiger charge is 2.10. The first-order chi connectivity index (χ1) is 10.1. The van der Waals surface area contributed by atoms with E-state index in [9.17, 15) is 9.59 Å². The monoisotopic (exact) mass is 292 g/mol. The van der Waals surface area contributed by atoms with Crippen molar-refractivity contribution < 1.29 is 23.8 Å². The maximum absolute atomic E-state index is 11.6. The second-order valence-corrected chi connectivity index (χ2v) is 4.23. The third-order valence-corrected chi connectivity index (χ3v) is 2.85. The van der Waals surface area contributed by atoms with Gasteiger partial charge in [0.25, 0.3) is 0 Å². The van der Waals surface area contributed by atoms with Gasteiger partial charge < -0.3 is 14.2 Å². The second kappa shape index (κ2) is 8.79. The molecule has 0 spiro atoms. The molecule has 0 fully saturated rings. The normalized spacial score (nSPS) is 10.9. The summed E-state index contributed by atoms with van der Waals surface area (Å²) in [5.41, 5.74) is 1.52. The van der Waals surface area contributed by atoms with E-state index in [4.69, 9.17) is 9.47 Å². The summed E-state index contributed by atoms with van der Waals surface area (Å²) in [6.45, 7) is 2.04. The smallest absolute Gasteiger partial charge is 0.331 e. The number of benzene rings is 1. The lowest BCUT2D eigenvalue weighted by Crippen LogP contribution is -2.04. The Morgan fingerprint density at radius 1 is 1.19 bits per heavy atom. The number of methoxy groups -OCH3 is 2. The molecule has 0 aliphatic carbocycles. The van der Waals surface area contributed by atoms with Crippen molar-refractivity contribution in [2.45, 2.75) is 19.8 Å². The van der Waals surface area contributed by atoms with Gasteiger partial charge in [-0.1, -0.05) is 12.1 Å².